The number of hydrogen-bond donors (Lipinski definition) is 0. The second kappa shape index (κ2) is 9.36. The molecule has 0 N–H and O–H groups in total. The molecular weight excluding hydrogens is 368 g/mol. The number of nitro groups is 1. The summed E-state index contributed by atoms with van der Waals surface area (Å²) in [6.07, 6.45) is -0.453. The number of ether oxygens (including phenoxy) is 3. The van der Waals surface area contributed by atoms with Crippen molar-refractivity contribution in [2.75, 3.05) is 26.2 Å². The predicted octanol–water partition coefficient (Wildman–Crippen LogP) is 3.09. The van der Waals surface area contributed by atoms with Crippen LogP contribution in [0.15, 0.2) is 42.5 Å². The Hall–Kier alpha value is -3.62. The zero-order valence-electron chi connectivity index (χ0n) is 15.7. The largest absolute Gasteiger partial charge is 0.490 e. The zero-order chi connectivity index (χ0) is 20.7. The van der Waals surface area contributed by atoms with Crippen molar-refractivity contribution in [3.05, 3.63) is 63.7 Å². The number of benzene rings is 2. The summed E-state index contributed by atoms with van der Waals surface area (Å²) in [5.41, 5.74) is 1.73. The Morgan fingerprint density at radius 2 is 1.71 bits per heavy atom. The number of carbonyl (C=O) groups excluding carboxylic acids is 2. The maximum atomic E-state index is 12.2. The molecule has 0 unspecified atom stereocenters. The quantitative estimate of drug-likeness (QED) is 0.407. The maximum Gasteiger partial charge on any atom is 0.414 e. The summed E-state index contributed by atoms with van der Waals surface area (Å²) in [5.74, 6) is -0.257. The Morgan fingerprint density at radius 3 is 2.29 bits per heavy atom. The van der Waals surface area contributed by atoms with Crippen molar-refractivity contribution in [1.82, 2.24) is 0 Å². The number of esters is 1. The number of amides is 1. The summed E-state index contributed by atoms with van der Waals surface area (Å²) in [7, 11) is 4.20. The van der Waals surface area contributed by atoms with Crippen molar-refractivity contribution in [3.8, 4) is 5.75 Å². The van der Waals surface area contributed by atoms with Crippen molar-refractivity contribution in [2.45, 2.75) is 13.0 Å². The number of hydrogen-bond acceptors (Lipinski definition) is 7. The topological polar surface area (TPSA) is 108 Å². The van der Waals surface area contributed by atoms with Gasteiger partial charge in [0.15, 0.2) is 5.75 Å². The Balaban J connectivity index is 1.99. The number of rotatable bonds is 7. The van der Waals surface area contributed by atoms with Crippen LogP contribution in [0, 0.1) is 10.1 Å². The number of carbonyl (C=O) groups is 2. The summed E-state index contributed by atoms with van der Waals surface area (Å²) >= 11 is 0. The fourth-order valence-corrected chi connectivity index (χ4v) is 2.39. The highest BCUT2D eigenvalue weighted by molar-refractivity contribution is 5.87. The van der Waals surface area contributed by atoms with Gasteiger partial charge >= 0.3 is 17.7 Å². The highest BCUT2D eigenvalue weighted by Gasteiger charge is 2.17. The van der Waals surface area contributed by atoms with Crippen LogP contribution in [-0.2, 0) is 27.3 Å². The Labute approximate surface area is 161 Å². The molecule has 0 fully saturated rings. The van der Waals surface area contributed by atoms with Crippen LogP contribution in [0.25, 0.3) is 0 Å². The molecule has 0 aliphatic carbocycles. The molecule has 2 aromatic carbocycles. The lowest BCUT2D eigenvalue weighted by Crippen LogP contribution is -2.26. The van der Waals surface area contributed by atoms with E-state index in [-0.39, 0.29) is 30.4 Å². The first-order valence-electron chi connectivity index (χ1n) is 8.23. The van der Waals surface area contributed by atoms with Gasteiger partial charge in [-0.05, 0) is 35.4 Å². The van der Waals surface area contributed by atoms with E-state index in [2.05, 4.69) is 4.74 Å². The summed E-state index contributed by atoms with van der Waals surface area (Å²) in [5, 5.41) is 10.9. The molecular formula is C19H20N2O7. The molecule has 2 rings (SSSR count). The lowest BCUT2D eigenvalue weighted by Gasteiger charge is -2.17. The molecule has 1 amide bonds. The third kappa shape index (κ3) is 5.19. The van der Waals surface area contributed by atoms with Crippen molar-refractivity contribution >= 4 is 23.4 Å². The number of methoxy groups -OCH3 is 2. The third-order valence-electron chi connectivity index (χ3n) is 3.98. The van der Waals surface area contributed by atoms with Crippen LogP contribution in [0.3, 0.4) is 0 Å². The van der Waals surface area contributed by atoms with Crippen LogP contribution in [0.5, 0.6) is 5.75 Å². The molecule has 0 radical (unpaired) electrons. The minimum atomic E-state index is -0.599. The molecule has 0 bridgehead atoms. The SMILES string of the molecule is COC(=O)Cc1ccc(N(C)C(=O)OCc2ccc([N+](=O)[O-])c(OC)c2)cc1. The first kappa shape index (κ1) is 20.7. The first-order valence-corrected chi connectivity index (χ1v) is 8.23. The molecule has 0 aliphatic heterocycles. The predicted molar refractivity (Wildman–Crippen MR) is 100 cm³/mol. The molecule has 0 spiro atoms. The molecule has 0 atom stereocenters. The fraction of sp³-hybridized carbons (Fsp3) is 0.263. The number of anilines is 1. The molecule has 28 heavy (non-hydrogen) atoms. The maximum absolute atomic E-state index is 12.2. The van der Waals surface area contributed by atoms with Gasteiger partial charge < -0.3 is 14.2 Å². The van der Waals surface area contributed by atoms with Crippen LogP contribution < -0.4 is 9.64 Å². The van der Waals surface area contributed by atoms with Gasteiger partial charge in [0.05, 0.1) is 25.6 Å². The van der Waals surface area contributed by atoms with Crippen molar-refractivity contribution < 1.29 is 28.7 Å². The molecule has 2 aromatic rings. The van der Waals surface area contributed by atoms with Crippen LogP contribution in [0.2, 0.25) is 0 Å². The molecule has 0 saturated heterocycles. The van der Waals surface area contributed by atoms with E-state index in [0.29, 0.717) is 11.3 Å². The van der Waals surface area contributed by atoms with Gasteiger partial charge in [0.25, 0.3) is 0 Å². The minimum absolute atomic E-state index is 0.0715. The average molecular weight is 388 g/mol. The minimum Gasteiger partial charge on any atom is -0.490 e. The van der Waals surface area contributed by atoms with Crippen molar-refractivity contribution in [2.24, 2.45) is 0 Å². The van der Waals surface area contributed by atoms with E-state index in [0.717, 1.165) is 5.56 Å². The van der Waals surface area contributed by atoms with Gasteiger partial charge in [0, 0.05) is 18.8 Å². The highest BCUT2D eigenvalue weighted by Crippen LogP contribution is 2.28. The van der Waals surface area contributed by atoms with Gasteiger partial charge in [-0.25, -0.2) is 4.79 Å². The first-order chi connectivity index (χ1) is 13.3. The third-order valence-corrected chi connectivity index (χ3v) is 3.98. The van der Waals surface area contributed by atoms with E-state index < -0.39 is 11.0 Å². The van der Waals surface area contributed by atoms with Gasteiger partial charge in [-0.2, -0.15) is 0 Å². The number of nitro benzene ring substituents is 1. The van der Waals surface area contributed by atoms with Gasteiger partial charge in [-0.15, -0.1) is 0 Å². The summed E-state index contributed by atoms with van der Waals surface area (Å²) in [4.78, 5) is 35.2. The molecule has 0 saturated carbocycles. The Kier molecular flexibility index (Phi) is 6.91. The molecule has 148 valence electrons. The Bertz CT molecular complexity index is 865. The normalized spacial score (nSPS) is 10.1. The lowest BCUT2D eigenvalue weighted by molar-refractivity contribution is -0.385. The van der Waals surface area contributed by atoms with Gasteiger partial charge in [-0.1, -0.05) is 12.1 Å². The molecule has 0 aliphatic rings. The average Bonchev–Trinajstić information content (AvgIpc) is 2.71. The molecule has 0 heterocycles. The van der Waals surface area contributed by atoms with E-state index in [1.807, 2.05) is 0 Å². The lowest BCUT2D eigenvalue weighted by atomic mass is 10.1. The van der Waals surface area contributed by atoms with E-state index in [4.69, 9.17) is 9.47 Å². The smallest absolute Gasteiger partial charge is 0.414 e. The fourth-order valence-electron chi connectivity index (χ4n) is 2.39. The zero-order valence-corrected chi connectivity index (χ0v) is 15.7. The van der Waals surface area contributed by atoms with Crippen LogP contribution in [0.4, 0.5) is 16.2 Å². The Morgan fingerprint density at radius 1 is 1.07 bits per heavy atom. The van der Waals surface area contributed by atoms with E-state index in [1.54, 1.807) is 31.3 Å². The van der Waals surface area contributed by atoms with E-state index >= 15 is 0 Å². The van der Waals surface area contributed by atoms with E-state index in [9.17, 15) is 19.7 Å². The summed E-state index contributed by atoms with van der Waals surface area (Å²) < 4.78 is 14.8. The standard InChI is InChI=1S/C19H20N2O7/c1-20(15-7-4-13(5-8-15)11-18(22)27-3)19(23)28-12-14-6-9-16(21(24)25)17(10-14)26-2/h4-10H,11-12H2,1-3H3. The van der Waals surface area contributed by atoms with Crippen molar-refractivity contribution in [3.63, 3.8) is 0 Å². The molecule has 0 aromatic heterocycles. The second-order valence-corrected chi connectivity index (χ2v) is 5.80. The highest BCUT2D eigenvalue weighted by atomic mass is 16.6. The molecule has 9 heteroatoms. The number of nitrogens with zero attached hydrogens (tertiary/aromatic N) is 2. The van der Waals surface area contributed by atoms with Crippen LogP contribution in [-0.4, -0.2) is 38.3 Å². The van der Waals surface area contributed by atoms with Crippen LogP contribution in [0.1, 0.15) is 11.1 Å². The van der Waals surface area contributed by atoms with Gasteiger partial charge in [-0.3, -0.25) is 19.8 Å². The monoisotopic (exact) mass is 388 g/mol. The van der Waals surface area contributed by atoms with Crippen molar-refractivity contribution in [1.29, 1.82) is 0 Å². The summed E-state index contributed by atoms with van der Waals surface area (Å²) in [6.45, 7) is -0.0715. The van der Waals surface area contributed by atoms with E-state index in [1.165, 1.54) is 37.3 Å². The van der Waals surface area contributed by atoms with Gasteiger partial charge in [0.2, 0.25) is 0 Å². The summed E-state index contributed by atoms with van der Waals surface area (Å²) in [6, 6.07) is 11.1. The molecule has 9 nitrogen and oxygen atoms in total. The second-order valence-electron chi connectivity index (χ2n) is 5.80. The van der Waals surface area contributed by atoms with Gasteiger partial charge in [0.1, 0.15) is 6.61 Å². The van der Waals surface area contributed by atoms with Crippen LogP contribution >= 0.6 is 0 Å².